The second-order valence-corrected chi connectivity index (χ2v) is 8.81. The number of hydrogen-bond acceptors (Lipinski definition) is 6. The maximum Gasteiger partial charge on any atom is 0.291 e. The Morgan fingerprint density at radius 3 is 2.72 bits per heavy atom. The highest BCUT2D eigenvalue weighted by Crippen LogP contribution is 2.25. The predicted octanol–water partition coefficient (Wildman–Crippen LogP) is 4.95. The molecule has 0 aliphatic heterocycles. The summed E-state index contributed by atoms with van der Waals surface area (Å²) >= 11 is 4.74. The van der Waals surface area contributed by atoms with Gasteiger partial charge >= 0.3 is 0 Å². The van der Waals surface area contributed by atoms with Crippen LogP contribution in [0.1, 0.15) is 5.76 Å². The van der Waals surface area contributed by atoms with Crippen molar-refractivity contribution in [2.45, 2.75) is 0 Å². The maximum atomic E-state index is 12.8. The molecule has 6 nitrogen and oxygen atoms in total. The first-order valence-electron chi connectivity index (χ1n) is 9.72. The van der Waals surface area contributed by atoms with Gasteiger partial charge in [-0.25, -0.2) is 0 Å². The van der Waals surface area contributed by atoms with Crippen LogP contribution >= 0.6 is 27.3 Å². The fourth-order valence-corrected chi connectivity index (χ4v) is 4.46. The van der Waals surface area contributed by atoms with Crippen LogP contribution in [0.15, 0.2) is 87.0 Å². The van der Waals surface area contributed by atoms with E-state index in [1.54, 1.807) is 12.2 Å². The molecule has 3 aromatic heterocycles. The van der Waals surface area contributed by atoms with Crippen LogP contribution in [0.4, 0.5) is 0 Å². The molecule has 32 heavy (non-hydrogen) atoms. The van der Waals surface area contributed by atoms with E-state index in [1.165, 1.54) is 15.9 Å². The lowest BCUT2D eigenvalue weighted by Crippen LogP contribution is -2.23. The van der Waals surface area contributed by atoms with Crippen molar-refractivity contribution in [1.82, 2.24) is 14.6 Å². The van der Waals surface area contributed by atoms with Gasteiger partial charge in [0.15, 0.2) is 5.82 Å². The van der Waals surface area contributed by atoms with Gasteiger partial charge in [-0.3, -0.25) is 4.79 Å². The molecular weight excluding hydrogens is 490 g/mol. The van der Waals surface area contributed by atoms with E-state index in [1.807, 2.05) is 60.7 Å². The molecule has 0 bridgehead atoms. The van der Waals surface area contributed by atoms with Crippen LogP contribution in [-0.2, 0) is 0 Å². The molecule has 0 fully saturated rings. The van der Waals surface area contributed by atoms with E-state index >= 15 is 0 Å². The lowest BCUT2D eigenvalue weighted by atomic mass is 10.2. The highest BCUT2D eigenvalue weighted by molar-refractivity contribution is 9.10. The van der Waals surface area contributed by atoms with Crippen molar-refractivity contribution in [2.75, 3.05) is 6.61 Å². The Labute approximate surface area is 195 Å². The molecule has 3 heterocycles. The minimum absolute atomic E-state index is 0.227. The number of benzene rings is 2. The fourth-order valence-electron chi connectivity index (χ4n) is 3.17. The number of aromatic nitrogens is 3. The molecule has 2 aromatic carbocycles. The quantitative estimate of drug-likeness (QED) is 0.305. The van der Waals surface area contributed by atoms with Crippen LogP contribution < -0.4 is 14.8 Å². The highest BCUT2D eigenvalue weighted by atomic mass is 79.9. The van der Waals surface area contributed by atoms with E-state index in [0.29, 0.717) is 27.7 Å². The number of ether oxygens (including phenoxy) is 1. The van der Waals surface area contributed by atoms with Crippen LogP contribution in [0, 0.1) is 0 Å². The molecule has 0 unspecified atom stereocenters. The van der Waals surface area contributed by atoms with Gasteiger partial charge in [0, 0.05) is 21.7 Å². The lowest BCUT2D eigenvalue weighted by Gasteiger charge is -2.02. The number of hydrogen-bond donors (Lipinski definition) is 0. The first kappa shape index (κ1) is 20.4. The van der Waals surface area contributed by atoms with Crippen molar-refractivity contribution in [3.05, 3.63) is 98.4 Å². The molecule has 0 saturated carbocycles. The van der Waals surface area contributed by atoms with E-state index in [2.05, 4.69) is 32.6 Å². The largest absolute Gasteiger partial charge is 0.490 e. The number of halogens is 1. The van der Waals surface area contributed by atoms with Gasteiger partial charge < -0.3 is 9.15 Å². The molecule has 0 N–H and O–H groups in total. The minimum atomic E-state index is -0.227. The maximum absolute atomic E-state index is 12.8. The summed E-state index contributed by atoms with van der Waals surface area (Å²) < 4.78 is 14.2. The third-order valence-corrected chi connectivity index (χ3v) is 6.12. The Bertz CT molecular complexity index is 1530. The van der Waals surface area contributed by atoms with Crippen molar-refractivity contribution in [3.8, 4) is 28.5 Å². The molecule has 0 spiro atoms. The lowest BCUT2D eigenvalue weighted by molar-refractivity contribution is 0.363. The number of thiazole rings is 1. The molecule has 0 amide bonds. The summed E-state index contributed by atoms with van der Waals surface area (Å²) in [4.78, 5) is 17.9. The van der Waals surface area contributed by atoms with E-state index in [0.717, 1.165) is 27.1 Å². The number of nitrogens with zero attached hydrogens (tertiary/aromatic N) is 3. The van der Waals surface area contributed by atoms with Crippen molar-refractivity contribution >= 4 is 38.3 Å². The summed E-state index contributed by atoms with van der Waals surface area (Å²) in [5, 5.41) is 4.39. The number of rotatable bonds is 6. The Morgan fingerprint density at radius 1 is 1.12 bits per heavy atom. The van der Waals surface area contributed by atoms with Crippen molar-refractivity contribution in [2.24, 2.45) is 0 Å². The van der Waals surface area contributed by atoms with Gasteiger partial charge in [0.2, 0.25) is 4.96 Å². The second-order valence-electron chi connectivity index (χ2n) is 6.88. The third kappa shape index (κ3) is 4.02. The van der Waals surface area contributed by atoms with Crippen LogP contribution in [-0.4, -0.2) is 21.2 Å². The van der Waals surface area contributed by atoms with Gasteiger partial charge in [-0.05, 0) is 48.5 Å². The zero-order valence-corrected chi connectivity index (χ0v) is 19.1. The van der Waals surface area contributed by atoms with Crippen LogP contribution in [0.2, 0.25) is 0 Å². The summed E-state index contributed by atoms with van der Waals surface area (Å²) in [6.45, 7) is 4.07. The molecule has 0 atom stereocenters. The average molecular weight is 506 g/mol. The standard InChI is InChI=1S/C24H16BrN3O3S/c1-2-12-30-18-8-6-15(7-9-18)22-26-24-28(27-22)23(29)21(32-24)14-19-10-11-20(31-19)16-4-3-5-17(25)13-16/h2-11,13-14H,1,12H2/b21-14+. The molecule has 0 aliphatic rings. The minimum Gasteiger partial charge on any atom is -0.490 e. The van der Waals surface area contributed by atoms with Gasteiger partial charge in [-0.1, -0.05) is 52.1 Å². The Morgan fingerprint density at radius 2 is 1.97 bits per heavy atom. The number of fused-ring (bicyclic) bond motifs is 1. The second kappa shape index (κ2) is 8.57. The summed E-state index contributed by atoms with van der Waals surface area (Å²) in [5.41, 5.74) is 1.53. The van der Waals surface area contributed by atoms with Gasteiger partial charge in [-0.2, -0.15) is 9.50 Å². The van der Waals surface area contributed by atoms with Gasteiger partial charge in [0.05, 0.1) is 0 Å². The molecule has 8 heteroatoms. The SMILES string of the molecule is C=CCOc1ccc(-c2nc3s/c(=C/c4ccc(-c5cccc(Br)c5)o4)c(=O)n3n2)cc1. The normalized spacial score (nSPS) is 11.8. The summed E-state index contributed by atoms with van der Waals surface area (Å²) in [7, 11) is 0. The third-order valence-electron chi connectivity index (χ3n) is 4.67. The zero-order chi connectivity index (χ0) is 22.1. The average Bonchev–Trinajstić information content (AvgIpc) is 3.50. The summed E-state index contributed by atoms with van der Waals surface area (Å²) in [6, 6.07) is 19.0. The topological polar surface area (TPSA) is 69.6 Å². The van der Waals surface area contributed by atoms with Crippen molar-refractivity contribution in [1.29, 1.82) is 0 Å². The monoisotopic (exact) mass is 505 g/mol. The summed E-state index contributed by atoms with van der Waals surface area (Å²) in [6.07, 6.45) is 3.41. The zero-order valence-electron chi connectivity index (χ0n) is 16.7. The van der Waals surface area contributed by atoms with Crippen molar-refractivity contribution < 1.29 is 9.15 Å². The van der Waals surface area contributed by atoms with E-state index < -0.39 is 0 Å². The first-order chi connectivity index (χ1) is 15.6. The molecule has 5 aromatic rings. The molecule has 0 saturated heterocycles. The number of furan rings is 1. The molecule has 0 aliphatic carbocycles. The van der Waals surface area contributed by atoms with E-state index in [-0.39, 0.29) is 5.56 Å². The van der Waals surface area contributed by atoms with Gasteiger partial charge in [-0.15, -0.1) is 5.10 Å². The van der Waals surface area contributed by atoms with Crippen LogP contribution in [0.5, 0.6) is 5.75 Å². The van der Waals surface area contributed by atoms with Gasteiger partial charge in [0.1, 0.15) is 28.4 Å². The smallest absolute Gasteiger partial charge is 0.291 e. The van der Waals surface area contributed by atoms with Crippen LogP contribution in [0.3, 0.4) is 0 Å². The molecular formula is C24H16BrN3O3S. The van der Waals surface area contributed by atoms with E-state index in [9.17, 15) is 4.79 Å². The Balaban J connectivity index is 1.44. The van der Waals surface area contributed by atoms with Crippen LogP contribution in [0.25, 0.3) is 33.7 Å². The Hall–Kier alpha value is -3.49. The first-order valence-corrected chi connectivity index (χ1v) is 11.3. The van der Waals surface area contributed by atoms with E-state index in [4.69, 9.17) is 9.15 Å². The molecule has 158 valence electrons. The predicted molar refractivity (Wildman–Crippen MR) is 129 cm³/mol. The fraction of sp³-hybridized carbons (Fsp3) is 0.0417. The molecule has 0 radical (unpaired) electrons. The summed E-state index contributed by atoms with van der Waals surface area (Å²) in [5.74, 6) is 2.55. The highest BCUT2D eigenvalue weighted by Gasteiger charge is 2.13. The Kier molecular flexibility index (Phi) is 5.46. The molecule has 5 rings (SSSR count). The van der Waals surface area contributed by atoms with Gasteiger partial charge in [0.25, 0.3) is 5.56 Å². The van der Waals surface area contributed by atoms with Crippen molar-refractivity contribution in [3.63, 3.8) is 0 Å².